The number of primary amides is 1. The van der Waals surface area contributed by atoms with Gasteiger partial charge in [-0.25, -0.2) is 4.79 Å². The molecule has 194 valence electrons. The Bertz CT molecular complexity index is 745. The second kappa shape index (κ2) is 15.6. The van der Waals surface area contributed by atoms with Gasteiger partial charge in [0.15, 0.2) is 0 Å². The molecule has 0 radical (unpaired) electrons. The molecule has 14 nitrogen and oxygen atoms in total. The van der Waals surface area contributed by atoms with Crippen molar-refractivity contribution in [2.75, 3.05) is 6.54 Å². The Morgan fingerprint density at radius 3 is 1.88 bits per heavy atom. The smallest absolute Gasteiger partial charge is 0.326 e. The van der Waals surface area contributed by atoms with E-state index in [1.165, 1.54) is 0 Å². The van der Waals surface area contributed by atoms with Crippen LogP contribution in [0, 0.1) is 5.92 Å². The summed E-state index contributed by atoms with van der Waals surface area (Å²) in [4.78, 5) is 71.0. The van der Waals surface area contributed by atoms with Gasteiger partial charge in [-0.1, -0.05) is 13.8 Å². The van der Waals surface area contributed by atoms with Gasteiger partial charge in [-0.15, -0.1) is 0 Å². The molecule has 0 saturated heterocycles. The highest BCUT2D eigenvalue weighted by atomic mass is 16.4. The Kier molecular flexibility index (Phi) is 14.1. The molecule has 4 atom stereocenters. The maximum absolute atomic E-state index is 12.9. The summed E-state index contributed by atoms with van der Waals surface area (Å²) < 4.78 is 0. The molecule has 0 aliphatic carbocycles. The molecule has 4 amide bonds. The van der Waals surface area contributed by atoms with Crippen LogP contribution in [0.5, 0.6) is 0 Å². The van der Waals surface area contributed by atoms with Gasteiger partial charge in [-0.3, -0.25) is 24.0 Å². The van der Waals surface area contributed by atoms with Gasteiger partial charge in [0.2, 0.25) is 23.6 Å². The van der Waals surface area contributed by atoms with Crippen LogP contribution in [0.25, 0.3) is 0 Å². The van der Waals surface area contributed by atoms with Gasteiger partial charge in [0.05, 0.1) is 12.5 Å². The highest BCUT2D eigenvalue weighted by molar-refractivity contribution is 5.95. The third kappa shape index (κ3) is 12.1. The van der Waals surface area contributed by atoms with E-state index in [4.69, 9.17) is 22.3 Å². The van der Waals surface area contributed by atoms with E-state index in [1.807, 2.05) is 0 Å². The minimum atomic E-state index is -1.58. The number of aliphatic carboxylic acids is 2. The Morgan fingerprint density at radius 2 is 1.41 bits per heavy atom. The Labute approximate surface area is 197 Å². The van der Waals surface area contributed by atoms with Gasteiger partial charge in [0, 0.05) is 6.42 Å². The normalized spacial score (nSPS) is 14.4. The van der Waals surface area contributed by atoms with E-state index in [0.717, 1.165) is 0 Å². The molecule has 34 heavy (non-hydrogen) atoms. The van der Waals surface area contributed by atoms with Crippen LogP contribution in [0.15, 0.2) is 0 Å². The quantitative estimate of drug-likeness (QED) is 0.0988. The molecule has 14 heteroatoms. The van der Waals surface area contributed by atoms with Gasteiger partial charge in [-0.2, -0.15) is 0 Å². The second-order valence-electron chi connectivity index (χ2n) is 8.18. The third-order valence-electron chi connectivity index (χ3n) is 4.85. The number of nitrogens with two attached hydrogens (primary N) is 3. The maximum atomic E-state index is 12.9. The number of nitrogens with one attached hydrogen (secondary N) is 3. The molecular weight excluding hydrogens is 452 g/mol. The van der Waals surface area contributed by atoms with Crippen LogP contribution in [0.4, 0.5) is 0 Å². The summed E-state index contributed by atoms with van der Waals surface area (Å²) in [6.07, 6.45) is -0.00793. The molecule has 0 bridgehead atoms. The second-order valence-corrected chi connectivity index (χ2v) is 8.18. The fraction of sp³-hybridized carbons (Fsp3) is 0.700. The lowest BCUT2D eigenvalue weighted by molar-refractivity contribution is -0.144. The lowest BCUT2D eigenvalue weighted by atomic mass is 10.0. The largest absolute Gasteiger partial charge is 0.481 e. The van der Waals surface area contributed by atoms with Crippen molar-refractivity contribution in [3.05, 3.63) is 0 Å². The van der Waals surface area contributed by atoms with Gasteiger partial charge in [0.25, 0.3) is 0 Å². The number of carboxylic acid groups (broad SMARTS) is 2. The summed E-state index contributed by atoms with van der Waals surface area (Å²) in [5.41, 5.74) is 16.2. The Morgan fingerprint density at radius 1 is 0.824 bits per heavy atom. The number of rotatable bonds is 17. The zero-order chi connectivity index (χ0) is 26.4. The summed E-state index contributed by atoms with van der Waals surface area (Å²) in [5, 5.41) is 25.1. The summed E-state index contributed by atoms with van der Waals surface area (Å²) in [6.45, 7) is 3.62. The number of unbranched alkanes of at least 4 members (excludes halogenated alkanes) is 1. The Balaban J connectivity index is 5.43. The molecule has 0 rings (SSSR count). The number of amides is 4. The van der Waals surface area contributed by atoms with Crippen molar-refractivity contribution in [1.82, 2.24) is 16.0 Å². The van der Waals surface area contributed by atoms with Crippen LogP contribution in [0.1, 0.15) is 52.4 Å². The minimum Gasteiger partial charge on any atom is -0.481 e. The van der Waals surface area contributed by atoms with Gasteiger partial charge >= 0.3 is 11.9 Å². The minimum absolute atomic E-state index is 0.120. The molecule has 0 fully saturated rings. The van der Waals surface area contributed by atoms with Crippen molar-refractivity contribution in [2.24, 2.45) is 23.1 Å². The molecule has 0 aliphatic rings. The van der Waals surface area contributed by atoms with Crippen LogP contribution in [0.2, 0.25) is 0 Å². The van der Waals surface area contributed by atoms with Crippen molar-refractivity contribution in [1.29, 1.82) is 0 Å². The van der Waals surface area contributed by atoms with E-state index >= 15 is 0 Å². The first kappa shape index (κ1) is 30.7. The fourth-order valence-corrected chi connectivity index (χ4v) is 2.90. The average Bonchev–Trinajstić information content (AvgIpc) is 2.73. The average molecular weight is 489 g/mol. The number of carboxylic acids is 2. The van der Waals surface area contributed by atoms with Crippen LogP contribution in [0.3, 0.4) is 0 Å². The highest BCUT2D eigenvalue weighted by Gasteiger charge is 2.32. The monoisotopic (exact) mass is 488 g/mol. The van der Waals surface area contributed by atoms with Gasteiger partial charge < -0.3 is 43.4 Å². The van der Waals surface area contributed by atoms with Crippen molar-refractivity contribution < 1.29 is 39.0 Å². The topological polar surface area (TPSA) is 257 Å². The standard InChI is InChI=1S/C20H36N6O8/c1-10(2)16(26-17(30)11(22)6-7-15(28)29)19(32)24-12(5-3-4-8-21)18(31)25-13(20(33)34)9-14(23)27/h10-13,16H,3-9,21-22H2,1-2H3,(H2,23,27)(H,24,32)(H,25,31)(H,26,30)(H,28,29)(H,33,34). The molecule has 0 aliphatic heterocycles. The summed E-state index contributed by atoms with van der Waals surface area (Å²) >= 11 is 0. The molecule has 0 aromatic heterocycles. The first-order chi connectivity index (χ1) is 15.8. The molecular formula is C20H36N6O8. The molecule has 0 aromatic carbocycles. The predicted molar refractivity (Wildman–Crippen MR) is 120 cm³/mol. The molecule has 0 saturated carbocycles. The molecule has 4 unspecified atom stereocenters. The van der Waals surface area contributed by atoms with E-state index < -0.39 is 72.1 Å². The zero-order valence-electron chi connectivity index (χ0n) is 19.4. The number of hydrogen-bond acceptors (Lipinski definition) is 8. The van der Waals surface area contributed by atoms with Gasteiger partial charge in [0.1, 0.15) is 18.1 Å². The maximum Gasteiger partial charge on any atom is 0.326 e. The van der Waals surface area contributed by atoms with E-state index in [2.05, 4.69) is 16.0 Å². The lowest BCUT2D eigenvalue weighted by Crippen LogP contribution is -2.58. The van der Waals surface area contributed by atoms with Gasteiger partial charge in [-0.05, 0) is 38.1 Å². The Hall–Kier alpha value is -3.26. The summed E-state index contributed by atoms with van der Waals surface area (Å²) in [5.74, 6) is -6.24. The van der Waals surface area contributed by atoms with E-state index in [1.54, 1.807) is 13.8 Å². The fourth-order valence-electron chi connectivity index (χ4n) is 2.90. The first-order valence-electron chi connectivity index (χ1n) is 10.9. The SMILES string of the molecule is CC(C)C(NC(=O)C(N)CCC(=O)O)C(=O)NC(CCCCN)C(=O)NC(CC(N)=O)C(=O)O. The highest BCUT2D eigenvalue weighted by Crippen LogP contribution is 2.08. The number of carbonyl (C=O) groups is 6. The third-order valence-corrected chi connectivity index (χ3v) is 4.85. The zero-order valence-corrected chi connectivity index (χ0v) is 19.4. The van der Waals surface area contributed by atoms with Crippen LogP contribution < -0.4 is 33.2 Å². The summed E-state index contributed by atoms with van der Waals surface area (Å²) in [7, 11) is 0. The predicted octanol–water partition coefficient (Wildman–Crippen LogP) is -2.62. The van der Waals surface area contributed by atoms with Crippen molar-refractivity contribution >= 4 is 35.6 Å². The van der Waals surface area contributed by atoms with E-state index in [9.17, 15) is 33.9 Å². The molecule has 0 aromatic rings. The van der Waals surface area contributed by atoms with E-state index in [0.29, 0.717) is 19.4 Å². The lowest BCUT2D eigenvalue weighted by Gasteiger charge is -2.27. The van der Waals surface area contributed by atoms with Crippen molar-refractivity contribution in [2.45, 2.75) is 76.5 Å². The van der Waals surface area contributed by atoms with Crippen molar-refractivity contribution in [3.63, 3.8) is 0 Å². The van der Waals surface area contributed by atoms with Crippen LogP contribution >= 0.6 is 0 Å². The van der Waals surface area contributed by atoms with E-state index in [-0.39, 0.29) is 19.3 Å². The summed E-state index contributed by atoms with van der Waals surface area (Å²) in [6, 6.07) is -5.01. The van der Waals surface area contributed by atoms with Crippen LogP contribution in [-0.2, 0) is 28.8 Å². The first-order valence-corrected chi connectivity index (χ1v) is 10.9. The molecule has 0 spiro atoms. The van der Waals surface area contributed by atoms with Crippen LogP contribution in [-0.4, -0.2) is 76.5 Å². The molecule has 11 N–H and O–H groups in total. The van der Waals surface area contributed by atoms with Crippen molar-refractivity contribution in [3.8, 4) is 0 Å². The number of hydrogen-bond donors (Lipinski definition) is 8. The molecule has 0 heterocycles. The number of carbonyl (C=O) groups excluding carboxylic acids is 4.